The standard InChI is InChI=1S/C18H16N4O3/c23-18(13-3-4-15-16(10-13)25-12-24-15)21-7-9-22-8-6-20-17(22)14-2-1-5-19-11-14/h1-6,8,10-11H,7,9,12H2,(H,21,23). The first-order valence-electron chi connectivity index (χ1n) is 7.90. The van der Waals surface area contributed by atoms with Gasteiger partial charge >= 0.3 is 0 Å². The topological polar surface area (TPSA) is 78.3 Å². The second-order valence-electron chi connectivity index (χ2n) is 5.51. The minimum Gasteiger partial charge on any atom is -0.454 e. The molecular weight excluding hydrogens is 320 g/mol. The van der Waals surface area contributed by atoms with E-state index in [0.29, 0.717) is 30.2 Å². The Hall–Kier alpha value is -3.35. The maximum absolute atomic E-state index is 12.3. The van der Waals surface area contributed by atoms with Crippen molar-refractivity contribution in [3.63, 3.8) is 0 Å². The van der Waals surface area contributed by atoms with Gasteiger partial charge in [-0.15, -0.1) is 0 Å². The minimum absolute atomic E-state index is 0.152. The number of imidazole rings is 1. The summed E-state index contributed by atoms with van der Waals surface area (Å²) in [5.74, 6) is 1.93. The molecule has 0 saturated carbocycles. The summed E-state index contributed by atoms with van der Waals surface area (Å²) >= 11 is 0. The zero-order valence-electron chi connectivity index (χ0n) is 13.4. The second kappa shape index (κ2) is 6.64. The van der Waals surface area contributed by atoms with Gasteiger partial charge in [0, 0.05) is 49.0 Å². The van der Waals surface area contributed by atoms with Crippen LogP contribution in [-0.2, 0) is 6.54 Å². The smallest absolute Gasteiger partial charge is 0.251 e. The molecule has 126 valence electrons. The molecule has 25 heavy (non-hydrogen) atoms. The van der Waals surface area contributed by atoms with Gasteiger partial charge in [0.15, 0.2) is 11.5 Å². The fraction of sp³-hybridized carbons (Fsp3) is 0.167. The molecule has 0 unspecified atom stereocenters. The zero-order valence-corrected chi connectivity index (χ0v) is 13.4. The number of carbonyl (C=O) groups is 1. The van der Waals surface area contributed by atoms with Gasteiger partial charge in [-0.25, -0.2) is 4.98 Å². The largest absolute Gasteiger partial charge is 0.454 e. The lowest BCUT2D eigenvalue weighted by atomic mass is 10.2. The Bertz CT molecular complexity index is 892. The number of rotatable bonds is 5. The Kier molecular flexibility index (Phi) is 4.04. The number of carbonyl (C=O) groups excluding carboxylic acids is 1. The zero-order chi connectivity index (χ0) is 17.1. The molecule has 3 aromatic rings. The monoisotopic (exact) mass is 336 g/mol. The van der Waals surface area contributed by atoms with Gasteiger partial charge in [-0.1, -0.05) is 0 Å². The van der Waals surface area contributed by atoms with E-state index in [1.807, 2.05) is 22.9 Å². The molecule has 7 heteroatoms. The fourth-order valence-corrected chi connectivity index (χ4v) is 2.67. The van der Waals surface area contributed by atoms with Crippen LogP contribution in [0.15, 0.2) is 55.1 Å². The van der Waals surface area contributed by atoms with Crippen LogP contribution in [0.5, 0.6) is 11.5 Å². The number of nitrogens with one attached hydrogen (secondary N) is 1. The summed E-state index contributed by atoms with van der Waals surface area (Å²) in [4.78, 5) is 20.8. The minimum atomic E-state index is -0.152. The van der Waals surface area contributed by atoms with E-state index >= 15 is 0 Å². The van der Waals surface area contributed by atoms with E-state index in [1.54, 1.807) is 36.8 Å². The van der Waals surface area contributed by atoms with Crippen molar-refractivity contribution in [2.45, 2.75) is 6.54 Å². The molecule has 0 radical (unpaired) electrons. The highest BCUT2D eigenvalue weighted by Gasteiger charge is 2.16. The molecule has 2 aromatic heterocycles. The molecule has 4 rings (SSSR count). The predicted octanol–water partition coefficient (Wildman–Crippen LogP) is 2.10. The van der Waals surface area contributed by atoms with Gasteiger partial charge in [-0.3, -0.25) is 9.78 Å². The summed E-state index contributed by atoms with van der Waals surface area (Å²) in [5, 5.41) is 2.91. The molecule has 1 aliphatic rings. The van der Waals surface area contributed by atoms with Crippen molar-refractivity contribution in [2.24, 2.45) is 0 Å². The number of fused-ring (bicyclic) bond motifs is 1. The highest BCUT2D eigenvalue weighted by Crippen LogP contribution is 2.32. The highest BCUT2D eigenvalue weighted by atomic mass is 16.7. The normalized spacial score (nSPS) is 12.2. The van der Waals surface area contributed by atoms with Crippen molar-refractivity contribution in [1.82, 2.24) is 19.9 Å². The number of nitrogens with zero attached hydrogens (tertiary/aromatic N) is 3. The third kappa shape index (κ3) is 3.16. The molecule has 0 bridgehead atoms. The van der Waals surface area contributed by atoms with E-state index in [0.717, 1.165) is 11.4 Å². The maximum atomic E-state index is 12.3. The van der Waals surface area contributed by atoms with Crippen LogP contribution in [0.2, 0.25) is 0 Å². The van der Waals surface area contributed by atoms with E-state index in [-0.39, 0.29) is 12.7 Å². The molecular formula is C18H16N4O3. The second-order valence-corrected chi connectivity index (χ2v) is 5.51. The Balaban J connectivity index is 1.38. The number of benzene rings is 1. The first kappa shape index (κ1) is 15.2. The third-order valence-corrected chi connectivity index (χ3v) is 3.91. The first-order valence-corrected chi connectivity index (χ1v) is 7.90. The van der Waals surface area contributed by atoms with Gasteiger partial charge in [0.1, 0.15) is 5.82 Å². The number of hydrogen-bond donors (Lipinski definition) is 1. The number of aromatic nitrogens is 3. The summed E-state index contributed by atoms with van der Waals surface area (Å²) < 4.78 is 12.5. The number of pyridine rings is 1. The van der Waals surface area contributed by atoms with Crippen molar-refractivity contribution < 1.29 is 14.3 Å². The van der Waals surface area contributed by atoms with Gasteiger partial charge in [0.2, 0.25) is 6.79 Å². The van der Waals surface area contributed by atoms with Crippen LogP contribution in [0.25, 0.3) is 11.4 Å². The summed E-state index contributed by atoms with van der Waals surface area (Å²) in [6.07, 6.45) is 7.11. The van der Waals surface area contributed by atoms with Crippen LogP contribution < -0.4 is 14.8 Å². The summed E-state index contributed by atoms with van der Waals surface area (Å²) in [6, 6.07) is 8.98. The Morgan fingerprint density at radius 2 is 2.12 bits per heavy atom. The molecule has 1 amide bonds. The van der Waals surface area contributed by atoms with Gasteiger partial charge in [0.05, 0.1) is 0 Å². The average Bonchev–Trinajstić information content (AvgIpc) is 3.31. The molecule has 0 saturated heterocycles. The van der Waals surface area contributed by atoms with E-state index in [9.17, 15) is 4.79 Å². The summed E-state index contributed by atoms with van der Waals surface area (Å²) in [7, 11) is 0. The lowest BCUT2D eigenvalue weighted by molar-refractivity contribution is 0.0952. The molecule has 0 fully saturated rings. The SMILES string of the molecule is O=C(NCCn1ccnc1-c1cccnc1)c1ccc2c(c1)OCO2. The van der Waals surface area contributed by atoms with Crippen LogP contribution in [0.1, 0.15) is 10.4 Å². The van der Waals surface area contributed by atoms with E-state index in [4.69, 9.17) is 9.47 Å². The number of hydrogen-bond acceptors (Lipinski definition) is 5. The van der Waals surface area contributed by atoms with Crippen LogP contribution >= 0.6 is 0 Å². The van der Waals surface area contributed by atoms with Gasteiger partial charge in [-0.2, -0.15) is 0 Å². The van der Waals surface area contributed by atoms with Crippen molar-refractivity contribution in [1.29, 1.82) is 0 Å². The molecule has 0 atom stereocenters. The van der Waals surface area contributed by atoms with Gasteiger partial charge < -0.3 is 19.4 Å². The van der Waals surface area contributed by atoms with E-state index < -0.39 is 0 Å². The van der Waals surface area contributed by atoms with Crippen LogP contribution in [0, 0.1) is 0 Å². The predicted molar refractivity (Wildman–Crippen MR) is 90.4 cm³/mol. The molecule has 0 spiro atoms. The first-order chi connectivity index (χ1) is 12.3. The van der Waals surface area contributed by atoms with Crippen molar-refractivity contribution >= 4 is 5.91 Å². The van der Waals surface area contributed by atoms with Crippen LogP contribution in [-0.4, -0.2) is 33.8 Å². The Morgan fingerprint density at radius 3 is 3.00 bits per heavy atom. The summed E-state index contributed by atoms with van der Waals surface area (Å²) in [6.45, 7) is 1.29. The Morgan fingerprint density at radius 1 is 1.20 bits per heavy atom. The lowest BCUT2D eigenvalue weighted by Crippen LogP contribution is -2.27. The molecule has 7 nitrogen and oxygen atoms in total. The average molecular weight is 336 g/mol. The summed E-state index contributed by atoms with van der Waals surface area (Å²) in [5.41, 5.74) is 1.48. The maximum Gasteiger partial charge on any atom is 0.251 e. The number of amides is 1. The molecule has 1 N–H and O–H groups in total. The van der Waals surface area contributed by atoms with Gasteiger partial charge in [0.25, 0.3) is 5.91 Å². The van der Waals surface area contributed by atoms with E-state index in [2.05, 4.69) is 15.3 Å². The fourth-order valence-electron chi connectivity index (χ4n) is 2.67. The third-order valence-electron chi connectivity index (χ3n) is 3.91. The molecule has 0 aliphatic carbocycles. The number of ether oxygens (including phenoxy) is 2. The van der Waals surface area contributed by atoms with Crippen molar-refractivity contribution in [2.75, 3.05) is 13.3 Å². The van der Waals surface area contributed by atoms with Crippen molar-refractivity contribution in [3.8, 4) is 22.9 Å². The van der Waals surface area contributed by atoms with Gasteiger partial charge in [-0.05, 0) is 30.3 Å². The lowest BCUT2D eigenvalue weighted by Gasteiger charge is -2.09. The molecule has 1 aliphatic heterocycles. The Labute approximate surface area is 144 Å². The molecule has 3 heterocycles. The highest BCUT2D eigenvalue weighted by molar-refractivity contribution is 5.94. The molecule has 1 aromatic carbocycles. The van der Waals surface area contributed by atoms with Crippen LogP contribution in [0.3, 0.4) is 0 Å². The van der Waals surface area contributed by atoms with Crippen molar-refractivity contribution in [3.05, 3.63) is 60.7 Å². The quantitative estimate of drug-likeness (QED) is 0.772. The van der Waals surface area contributed by atoms with E-state index in [1.165, 1.54) is 0 Å². The van der Waals surface area contributed by atoms with Crippen LogP contribution in [0.4, 0.5) is 0 Å².